The Balaban J connectivity index is 1.97. The Bertz CT molecular complexity index is 852. The van der Waals surface area contributed by atoms with Crippen LogP contribution in [0.15, 0.2) is 24.4 Å². The molecule has 1 saturated heterocycles. The summed E-state index contributed by atoms with van der Waals surface area (Å²) in [5.41, 5.74) is 1.85. The summed E-state index contributed by atoms with van der Waals surface area (Å²) in [5, 5.41) is 2.89. The van der Waals surface area contributed by atoms with E-state index >= 15 is 0 Å². The zero-order valence-corrected chi connectivity index (χ0v) is 12.0. The van der Waals surface area contributed by atoms with E-state index in [4.69, 9.17) is 6.85 Å². The summed E-state index contributed by atoms with van der Waals surface area (Å²) in [5.74, 6) is 0. The van der Waals surface area contributed by atoms with Crippen LogP contribution in [0.5, 0.6) is 0 Å². The zero-order valence-electron chi connectivity index (χ0n) is 17.0. The third kappa shape index (κ3) is 3.19. The minimum atomic E-state index is -2.46. The highest BCUT2D eigenvalue weighted by atomic mass is 16.6. The van der Waals surface area contributed by atoms with E-state index in [-0.39, 0.29) is 13.0 Å². The molecule has 1 aliphatic heterocycles. The first-order valence-electron chi connectivity index (χ1n) is 9.20. The molecule has 0 saturated carbocycles. The van der Waals surface area contributed by atoms with Gasteiger partial charge in [-0.3, -0.25) is 0 Å². The maximum absolute atomic E-state index is 11.4. The van der Waals surface area contributed by atoms with Crippen molar-refractivity contribution >= 4 is 17.0 Å². The SMILES string of the molecule is [2H]C([2H])(CN(C)C)c1c[nH]c2ccc(C[C@]3([2H])NC(=O)OC3([2H])[2H])cc12. The van der Waals surface area contributed by atoms with E-state index in [9.17, 15) is 4.79 Å². The molecule has 5 nitrogen and oxygen atoms in total. The van der Waals surface area contributed by atoms with Crippen molar-refractivity contribution in [2.24, 2.45) is 0 Å². The van der Waals surface area contributed by atoms with Gasteiger partial charge in [0.2, 0.25) is 0 Å². The Morgan fingerprint density at radius 1 is 1.57 bits per heavy atom. The van der Waals surface area contributed by atoms with Gasteiger partial charge in [0.15, 0.2) is 0 Å². The van der Waals surface area contributed by atoms with Crippen molar-refractivity contribution in [3.05, 3.63) is 35.5 Å². The van der Waals surface area contributed by atoms with Crippen LogP contribution in [-0.2, 0) is 17.5 Å². The number of benzene rings is 1. The highest BCUT2D eigenvalue weighted by molar-refractivity contribution is 5.84. The molecule has 112 valence electrons. The predicted molar refractivity (Wildman–Crippen MR) is 82.5 cm³/mol. The Morgan fingerprint density at radius 3 is 3.14 bits per heavy atom. The van der Waals surface area contributed by atoms with Crippen LogP contribution >= 0.6 is 0 Å². The second-order valence-corrected chi connectivity index (χ2v) is 5.27. The second-order valence-electron chi connectivity index (χ2n) is 5.27. The number of carbonyl (C=O) groups excluding carboxylic acids is 1. The molecule has 1 aliphatic rings. The first kappa shape index (κ1) is 9.10. The monoisotopic (exact) mass is 292 g/mol. The number of nitrogens with zero attached hydrogens (tertiary/aromatic N) is 1. The molecule has 3 rings (SSSR count). The number of likely N-dealkylation sites (N-methyl/N-ethyl adjacent to an activating group) is 1. The number of rotatable bonds is 5. The van der Waals surface area contributed by atoms with Crippen molar-refractivity contribution in [2.45, 2.75) is 18.8 Å². The van der Waals surface area contributed by atoms with E-state index < -0.39 is 25.0 Å². The van der Waals surface area contributed by atoms with E-state index in [2.05, 4.69) is 15.0 Å². The zero-order chi connectivity index (χ0) is 19.3. The molecule has 5 heteroatoms. The molecule has 2 N–H and O–H groups in total. The maximum Gasteiger partial charge on any atom is 0.407 e. The van der Waals surface area contributed by atoms with Gasteiger partial charge in [-0.2, -0.15) is 0 Å². The van der Waals surface area contributed by atoms with Crippen molar-refractivity contribution in [3.8, 4) is 0 Å². The Morgan fingerprint density at radius 2 is 2.43 bits per heavy atom. The van der Waals surface area contributed by atoms with Gasteiger partial charge in [0.25, 0.3) is 0 Å². The van der Waals surface area contributed by atoms with Crippen LogP contribution in [0.3, 0.4) is 0 Å². The number of hydrogen-bond donors (Lipinski definition) is 2. The first-order chi connectivity index (χ1) is 11.9. The number of nitrogens with one attached hydrogen (secondary N) is 2. The standard InChI is InChI=1S/C16H21N3O2/c1-19(2)6-5-12-9-17-15-4-3-11(8-14(12)15)7-13-10-21-16(20)18-13/h3-4,8-9,13,17H,5-7,10H2,1-2H3,(H,18,20)/t13-/m0/s1/i5D2,10D2,13D. The summed E-state index contributed by atoms with van der Waals surface area (Å²) in [6.07, 6.45) is -1.02. The molecule has 0 aliphatic carbocycles. The van der Waals surface area contributed by atoms with Gasteiger partial charge >= 0.3 is 6.09 Å². The lowest BCUT2D eigenvalue weighted by Crippen LogP contribution is -2.28. The number of aromatic nitrogens is 1. The molecule has 1 atom stereocenters. The Kier molecular flexibility index (Phi) is 2.50. The lowest BCUT2D eigenvalue weighted by atomic mass is 10.0. The van der Waals surface area contributed by atoms with Gasteiger partial charge in [-0.05, 0) is 50.1 Å². The number of ether oxygens (including phenoxy) is 1. The van der Waals surface area contributed by atoms with Crippen LogP contribution in [-0.4, -0.2) is 49.2 Å². The number of fused-ring (bicyclic) bond motifs is 1. The van der Waals surface area contributed by atoms with Gasteiger partial charge in [0, 0.05) is 26.4 Å². The highest BCUT2D eigenvalue weighted by Gasteiger charge is 2.22. The molecule has 0 unspecified atom stereocenters. The largest absolute Gasteiger partial charge is 0.447 e. The fourth-order valence-corrected chi connectivity index (χ4v) is 2.23. The highest BCUT2D eigenvalue weighted by Crippen LogP contribution is 2.21. The van der Waals surface area contributed by atoms with Crippen molar-refractivity contribution in [2.75, 3.05) is 27.2 Å². The normalized spacial score (nSPS) is 28.3. The van der Waals surface area contributed by atoms with Crippen LogP contribution in [0, 0.1) is 0 Å². The van der Waals surface area contributed by atoms with Crippen LogP contribution in [0.1, 0.15) is 18.0 Å². The summed E-state index contributed by atoms with van der Waals surface area (Å²) in [6.45, 7) is -2.25. The van der Waals surface area contributed by atoms with Gasteiger partial charge in [-0.1, -0.05) is 6.07 Å². The summed E-state index contributed by atoms with van der Waals surface area (Å²) in [7, 11) is 3.60. The number of H-pyrrole nitrogens is 1. The third-order valence-corrected chi connectivity index (χ3v) is 3.23. The number of cyclic esters (lactones) is 1. The fourth-order valence-electron chi connectivity index (χ4n) is 2.23. The van der Waals surface area contributed by atoms with E-state index in [1.807, 2.05) is 0 Å². The summed E-state index contributed by atoms with van der Waals surface area (Å²) < 4.78 is 45.1. The lowest BCUT2D eigenvalue weighted by molar-refractivity contribution is 0.177. The molecule has 1 aromatic heterocycles. The van der Waals surface area contributed by atoms with Crippen molar-refractivity contribution in [1.29, 1.82) is 0 Å². The van der Waals surface area contributed by atoms with Crippen LogP contribution in [0.25, 0.3) is 10.9 Å². The minimum absolute atomic E-state index is 0.108. The average molecular weight is 292 g/mol. The smallest absolute Gasteiger partial charge is 0.407 e. The van der Waals surface area contributed by atoms with E-state index in [0.717, 1.165) is 5.52 Å². The van der Waals surface area contributed by atoms with Gasteiger partial charge in [0.05, 0.1) is 10.1 Å². The van der Waals surface area contributed by atoms with Gasteiger partial charge in [0.1, 0.15) is 6.56 Å². The number of alkyl carbamates (subject to hydrolysis) is 1. The first-order valence-corrected chi connectivity index (χ1v) is 6.70. The summed E-state index contributed by atoms with van der Waals surface area (Å²) in [6, 6.07) is 3.26. The third-order valence-electron chi connectivity index (χ3n) is 3.23. The van der Waals surface area contributed by atoms with E-state index in [0.29, 0.717) is 16.5 Å². The molecule has 2 heterocycles. The van der Waals surface area contributed by atoms with Crippen molar-refractivity contribution in [3.63, 3.8) is 0 Å². The summed E-state index contributed by atoms with van der Waals surface area (Å²) in [4.78, 5) is 16.2. The quantitative estimate of drug-likeness (QED) is 0.885. The fraction of sp³-hybridized carbons (Fsp3) is 0.438. The maximum atomic E-state index is 11.4. The van der Waals surface area contributed by atoms with Crippen LogP contribution < -0.4 is 5.32 Å². The second kappa shape index (κ2) is 5.77. The van der Waals surface area contributed by atoms with E-state index in [1.54, 1.807) is 43.4 Å². The van der Waals surface area contributed by atoms with E-state index in [1.165, 1.54) is 0 Å². The molecule has 21 heavy (non-hydrogen) atoms. The molecule has 1 fully saturated rings. The summed E-state index contributed by atoms with van der Waals surface area (Å²) >= 11 is 0. The molecular formula is C16H21N3O2. The molecule has 0 bridgehead atoms. The Hall–Kier alpha value is -2.01. The predicted octanol–water partition coefficient (Wildman–Crippen LogP) is 1.92. The van der Waals surface area contributed by atoms with Crippen molar-refractivity contribution in [1.82, 2.24) is 15.2 Å². The molecule has 0 spiro atoms. The topological polar surface area (TPSA) is 57.4 Å². The molecule has 0 radical (unpaired) electrons. The number of aromatic amines is 1. The average Bonchev–Trinajstić information content (AvgIpc) is 2.96. The van der Waals surface area contributed by atoms with Gasteiger partial charge in [-0.15, -0.1) is 0 Å². The van der Waals surface area contributed by atoms with Gasteiger partial charge < -0.3 is 19.9 Å². The van der Waals surface area contributed by atoms with Crippen molar-refractivity contribution < 1.29 is 16.4 Å². The van der Waals surface area contributed by atoms with Crippen LogP contribution in [0.4, 0.5) is 4.79 Å². The number of amides is 1. The molecular weight excluding hydrogens is 266 g/mol. The minimum Gasteiger partial charge on any atom is -0.447 e. The number of hydrogen-bond acceptors (Lipinski definition) is 3. The Labute approximate surface area is 131 Å². The van der Waals surface area contributed by atoms with Crippen LogP contribution in [0.2, 0.25) is 0 Å². The molecule has 2 aromatic rings. The van der Waals surface area contributed by atoms with Gasteiger partial charge in [-0.25, -0.2) is 4.79 Å². The number of carbonyl (C=O) groups is 1. The lowest BCUT2D eigenvalue weighted by Gasteiger charge is -2.09. The molecule has 1 aromatic carbocycles. The molecule has 1 amide bonds.